The van der Waals surface area contributed by atoms with E-state index in [9.17, 15) is 9.90 Å². The van der Waals surface area contributed by atoms with E-state index in [-0.39, 0.29) is 30.8 Å². The van der Waals surface area contributed by atoms with E-state index in [1.165, 1.54) is 0 Å². The van der Waals surface area contributed by atoms with Crippen LogP contribution in [0.15, 0.2) is 72.9 Å². The third-order valence-corrected chi connectivity index (χ3v) is 7.13. The average Bonchev–Trinajstić information content (AvgIpc) is 2.97. The summed E-state index contributed by atoms with van der Waals surface area (Å²) in [5.74, 6) is 0.110. The fourth-order valence-corrected chi connectivity index (χ4v) is 4.78. The van der Waals surface area contributed by atoms with Gasteiger partial charge in [0.1, 0.15) is 0 Å². The minimum absolute atomic E-state index is 0.0120. The number of likely N-dealkylation sites (N-methyl/N-ethyl adjacent to an activating group) is 1. The number of nitrogens with one attached hydrogen (secondary N) is 2. The lowest BCUT2D eigenvalue weighted by Crippen LogP contribution is -2.44. The zero-order chi connectivity index (χ0) is 27.6. The SMILES string of the molecule is CCNC(=O)NCc1ccc(C2O[C@H](CN(C)CCc3ccccn3)[C@H](C)[C@H](c3ccc(CO)cc3)O2)cc1. The number of hydrogen-bond acceptors (Lipinski definition) is 6. The number of amides is 2. The number of rotatable bonds is 11. The van der Waals surface area contributed by atoms with Crippen LogP contribution < -0.4 is 10.6 Å². The second-order valence-corrected chi connectivity index (χ2v) is 10.1. The number of aromatic nitrogens is 1. The molecule has 8 heteroatoms. The van der Waals surface area contributed by atoms with Crippen molar-refractivity contribution in [3.05, 3.63) is 101 Å². The molecular formula is C31H40N4O4. The van der Waals surface area contributed by atoms with Gasteiger partial charge in [-0.05, 0) is 42.8 Å². The van der Waals surface area contributed by atoms with Gasteiger partial charge in [0, 0.05) is 56.0 Å². The number of ether oxygens (including phenoxy) is 2. The lowest BCUT2D eigenvalue weighted by atomic mass is 9.90. The summed E-state index contributed by atoms with van der Waals surface area (Å²) in [6, 6.07) is 21.8. The molecule has 2 heterocycles. The molecular weight excluding hydrogens is 492 g/mol. The Morgan fingerprint density at radius 1 is 0.974 bits per heavy atom. The van der Waals surface area contributed by atoms with E-state index >= 15 is 0 Å². The summed E-state index contributed by atoms with van der Waals surface area (Å²) < 4.78 is 13.1. The average molecular weight is 533 g/mol. The van der Waals surface area contributed by atoms with E-state index in [0.29, 0.717) is 13.1 Å². The van der Waals surface area contributed by atoms with Crippen LogP contribution in [0.2, 0.25) is 0 Å². The van der Waals surface area contributed by atoms with Crippen LogP contribution in [0, 0.1) is 5.92 Å². The molecule has 1 unspecified atom stereocenters. The van der Waals surface area contributed by atoms with Crippen molar-refractivity contribution in [2.45, 2.75) is 51.9 Å². The minimum Gasteiger partial charge on any atom is -0.392 e. The maximum Gasteiger partial charge on any atom is 0.315 e. The number of benzene rings is 2. The van der Waals surface area contributed by atoms with E-state index < -0.39 is 6.29 Å². The first-order valence-corrected chi connectivity index (χ1v) is 13.7. The zero-order valence-corrected chi connectivity index (χ0v) is 23.0. The van der Waals surface area contributed by atoms with Crippen LogP contribution in [0.25, 0.3) is 0 Å². The Hall–Kier alpha value is -3.30. The quantitative estimate of drug-likeness (QED) is 0.340. The van der Waals surface area contributed by atoms with Gasteiger partial charge >= 0.3 is 6.03 Å². The molecule has 1 aliphatic heterocycles. The predicted molar refractivity (Wildman–Crippen MR) is 151 cm³/mol. The summed E-state index contributed by atoms with van der Waals surface area (Å²) in [5.41, 5.74) is 4.94. The number of carbonyl (C=O) groups is 1. The summed E-state index contributed by atoms with van der Waals surface area (Å²) in [6.07, 6.45) is 1.96. The van der Waals surface area contributed by atoms with E-state index in [2.05, 4.69) is 40.6 Å². The van der Waals surface area contributed by atoms with Crippen molar-refractivity contribution in [3.8, 4) is 0 Å². The van der Waals surface area contributed by atoms with Crippen LogP contribution in [-0.2, 0) is 29.0 Å². The van der Waals surface area contributed by atoms with Crippen LogP contribution in [0.4, 0.5) is 4.79 Å². The van der Waals surface area contributed by atoms with Crippen LogP contribution in [-0.4, -0.2) is 53.8 Å². The summed E-state index contributed by atoms with van der Waals surface area (Å²) in [5, 5.41) is 15.1. The van der Waals surface area contributed by atoms with Gasteiger partial charge in [-0.1, -0.05) is 61.5 Å². The lowest BCUT2D eigenvalue weighted by molar-refractivity contribution is -0.275. The van der Waals surface area contributed by atoms with Crippen LogP contribution in [0.3, 0.4) is 0 Å². The molecule has 2 amide bonds. The number of hydrogen-bond donors (Lipinski definition) is 3. The first kappa shape index (κ1) is 28.7. The molecule has 0 spiro atoms. The molecule has 0 saturated carbocycles. The van der Waals surface area contributed by atoms with Crippen molar-refractivity contribution in [3.63, 3.8) is 0 Å². The van der Waals surface area contributed by atoms with Crippen LogP contribution in [0.1, 0.15) is 54.2 Å². The smallest absolute Gasteiger partial charge is 0.315 e. The molecule has 1 aliphatic rings. The van der Waals surface area contributed by atoms with Gasteiger partial charge in [0.05, 0.1) is 18.8 Å². The Bertz CT molecular complexity index is 1160. The molecule has 208 valence electrons. The van der Waals surface area contributed by atoms with Crippen molar-refractivity contribution >= 4 is 6.03 Å². The molecule has 1 fully saturated rings. The topological polar surface area (TPSA) is 96.0 Å². The van der Waals surface area contributed by atoms with Gasteiger partial charge in [-0.25, -0.2) is 4.79 Å². The molecule has 2 aromatic carbocycles. The van der Waals surface area contributed by atoms with Crippen molar-refractivity contribution in [2.24, 2.45) is 5.92 Å². The molecule has 4 rings (SSSR count). The highest BCUT2D eigenvalue weighted by atomic mass is 16.7. The number of carbonyl (C=O) groups excluding carboxylic acids is 1. The molecule has 4 atom stereocenters. The predicted octanol–water partition coefficient (Wildman–Crippen LogP) is 4.36. The van der Waals surface area contributed by atoms with Crippen LogP contribution in [0.5, 0.6) is 0 Å². The Labute approximate surface area is 231 Å². The maximum atomic E-state index is 11.7. The Morgan fingerprint density at radius 3 is 2.36 bits per heavy atom. The van der Waals surface area contributed by atoms with E-state index in [1.54, 1.807) is 0 Å². The standard InChI is InChI=1S/C31H40N4O4/c1-4-32-31(37)34-19-23-8-14-26(15-9-23)30-38-28(20-35(3)18-16-27-7-5-6-17-33-27)22(2)29(39-30)25-12-10-24(21-36)11-13-25/h5-15,17,22,28-30,36H,4,16,18-21H2,1-3H3,(H2,32,34,37)/t22-,28+,29+,30?/m0/s1. The third kappa shape index (κ3) is 8.10. The second kappa shape index (κ2) is 14.2. The van der Waals surface area contributed by atoms with E-state index in [4.69, 9.17) is 9.47 Å². The van der Waals surface area contributed by atoms with Crippen molar-refractivity contribution in [1.82, 2.24) is 20.5 Å². The monoisotopic (exact) mass is 532 g/mol. The van der Waals surface area contributed by atoms with Crippen molar-refractivity contribution < 1.29 is 19.4 Å². The third-order valence-electron chi connectivity index (χ3n) is 7.13. The van der Waals surface area contributed by atoms with E-state index in [1.807, 2.05) is 73.8 Å². The highest BCUT2D eigenvalue weighted by Gasteiger charge is 2.38. The van der Waals surface area contributed by atoms with Gasteiger partial charge in [-0.2, -0.15) is 0 Å². The number of aliphatic hydroxyl groups excluding tert-OH is 1. The van der Waals surface area contributed by atoms with Crippen molar-refractivity contribution in [1.29, 1.82) is 0 Å². The number of pyridine rings is 1. The molecule has 39 heavy (non-hydrogen) atoms. The van der Waals surface area contributed by atoms with Gasteiger partial charge in [0.2, 0.25) is 0 Å². The molecule has 0 aliphatic carbocycles. The maximum absolute atomic E-state index is 11.7. The molecule has 0 bridgehead atoms. The minimum atomic E-state index is -0.525. The molecule has 3 N–H and O–H groups in total. The fraction of sp³-hybridized carbons (Fsp3) is 0.419. The molecule has 1 aromatic heterocycles. The Morgan fingerprint density at radius 2 is 1.69 bits per heavy atom. The Kier molecular flexibility index (Phi) is 10.4. The molecule has 1 saturated heterocycles. The molecule has 0 radical (unpaired) electrons. The summed E-state index contributed by atoms with van der Waals surface area (Å²) in [7, 11) is 2.12. The fourth-order valence-electron chi connectivity index (χ4n) is 4.78. The molecule has 8 nitrogen and oxygen atoms in total. The summed E-state index contributed by atoms with van der Waals surface area (Å²) in [4.78, 5) is 18.5. The van der Waals surface area contributed by atoms with Gasteiger partial charge in [0.15, 0.2) is 6.29 Å². The van der Waals surface area contributed by atoms with Crippen molar-refractivity contribution in [2.75, 3.05) is 26.7 Å². The van der Waals surface area contributed by atoms with Gasteiger partial charge in [-0.15, -0.1) is 0 Å². The van der Waals surface area contributed by atoms with Crippen LogP contribution >= 0.6 is 0 Å². The molecule has 3 aromatic rings. The van der Waals surface area contributed by atoms with Gasteiger partial charge < -0.3 is 30.1 Å². The summed E-state index contributed by atoms with van der Waals surface area (Å²) in [6.45, 7) is 6.74. The number of nitrogens with zero attached hydrogens (tertiary/aromatic N) is 2. The highest BCUT2D eigenvalue weighted by molar-refractivity contribution is 5.73. The van der Waals surface area contributed by atoms with Gasteiger partial charge in [0.25, 0.3) is 0 Å². The second-order valence-electron chi connectivity index (χ2n) is 10.1. The number of urea groups is 1. The normalized spacial score (nSPS) is 21.1. The Balaban J connectivity index is 1.47. The lowest BCUT2D eigenvalue weighted by Gasteiger charge is -2.42. The van der Waals surface area contributed by atoms with Gasteiger partial charge in [-0.3, -0.25) is 4.98 Å². The highest BCUT2D eigenvalue weighted by Crippen LogP contribution is 2.41. The first-order chi connectivity index (χ1) is 19.0. The summed E-state index contributed by atoms with van der Waals surface area (Å²) >= 11 is 0. The van der Waals surface area contributed by atoms with E-state index in [0.717, 1.165) is 47.5 Å². The number of aliphatic hydroxyl groups is 1. The largest absolute Gasteiger partial charge is 0.392 e. The first-order valence-electron chi connectivity index (χ1n) is 13.7. The zero-order valence-electron chi connectivity index (χ0n) is 23.0.